The molecular formula is C17H17BrN4O4. The van der Waals surface area contributed by atoms with E-state index in [2.05, 4.69) is 20.9 Å². The normalized spacial score (nSPS) is 14.2. The van der Waals surface area contributed by atoms with Crippen LogP contribution in [0.5, 0.6) is 0 Å². The molecule has 1 saturated heterocycles. The fourth-order valence-electron chi connectivity index (χ4n) is 2.71. The van der Waals surface area contributed by atoms with Crippen molar-refractivity contribution in [2.75, 3.05) is 31.1 Å². The molecule has 8 nitrogen and oxygen atoms in total. The molecule has 9 heteroatoms. The van der Waals surface area contributed by atoms with Crippen LogP contribution in [0.2, 0.25) is 0 Å². The molecule has 1 amide bonds. The van der Waals surface area contributed by atoms with Gasteiger partial charge in [-0.25, -0.2) is 9.78 Å². The molecule has 1 aromatic carbocycles. The second kappa shape index (κ2) is 8.13. The van der Waals surface area contributed by atoms with Gasteiger partial charge in [-0.1, -0.05) is 30.3 Å². The Labute approximate surface area is 158 Å². The van der Waals surface area contributed by atoms with E-state index in [1.807, 2.05) is 35.2 Å². The number of pyridine rings is 1. The second-order valence-corrected chi connectivity index (χ2v) is 6.68. The maximum absolute atomic E-state index is 12.2. The summed E-state index contributed by atoms with van der Waals surface area (Å²) in [5.41, 5.74) is 0.869. The molecule has 136 valence electrons. The minimum atomic E-state index is -0.451. The van der Waals surface area contributed by atoms with Crippen molar-refractivity contribution in [1.29, 1.82) is 0 Å². The smallest absolute Gasteiger partial charge is 0.410 e. The number of nitrogens with zero attached hydrogens (tertiary/aromatic N) is 4. The lowest BCUT2D eigenvalue weighted by molar-refractivity contribution is -0.384. The summed E-state index contributed by atoms with van der Waals surface area (Å²) in [6, 6.07) is 10.9. The molecule has 0 saturated carbocycles. The van der Waals surface area contributed by atoms with E-state index in [-0.39, 0.29) is 18.4 Å². The van der Waals surface area contributed by atoms with Crippen LogP contribution in [-0.2, 0) is 11.3 Å². The second-order valence-electron chi connectivity index (χ2n) is 5.77. The molecule has 0 N–H and O–H groups in total. The minimum absolute atomic E-state index is 0.0560. The van der Waals surface area contributed by atoms with Gasteiger partial charge >= 0.3 is 11.8 Å². The Bertz CT molecular complexity index is 795. The molecule has 1 aliphatic heterocycles. The molecule has 0 bridgehead atoms. The number of ether oxygens (including phenoxy) is 1. The maximum Gasteiger partial charge on any atom is 0.410 e. The van der Waals surface area contributed by atoms with Gasteiger partial charge in [0.25, 0.3) is 0 Å². The number of hydrogen-bond donors (Lipinski definition) is 0. The molecule has 0 radical (unpaired) electrons. The van der Waals surface area contributed by atoms with Gasteiger partial charge in [-0.3, -0.25) is 10.1 Å². The first-order valence-corrected chi connectivity index (χ1v) is 8.84. The van der Waals surface area contributed by atoms with Gasteiger partial charge in [-0.15, -0.1) is 0 Å². The summed E-state index contributed by atoms with van der Waals surface area (Å²) < 4.78 is 5.88. The van der Waals surface area contributed by atoms with E-state index in [4.69, 9.17) is 4.74 Å². The van der Waals surface area contributed by atoms with Crippen molar-refractivity contribution in [2.45, 2.75) is 6.61 Å². The lowest BCUT2D eigenvalue weighted by Gasteiger charge is -2.34. The van der Waals surface area contributed by atoms with Crippen LogP contribution < -0.4 is 4.90 Å². The third-order valence-corrected chi connectivity index (χ3v) is 4.49. The predicted molar refractivity (Wildman–Crippen MR) is 99.0 cm³/mol. The van der Waals surface area contributed by atoms with E-state index in [1.54, 1.807) is 4.90 Å². The van der Waals surface area contributed by atoms with Crippen LogP contribution in [0.4, 0.5) is 16.3 Å². The van der Waals surface area contributed by atoms with Gasteiger partial charge in [0.05, 0.1) is 4.92 Å². The molecule has 1 aromatic heterocycles. The molecule has 1 aliphatic rings. The first-order valence-electron chi connectivity index (χ1n) is 8.05. The molecule has 0 atom stereocenters. The van der Waals surface area contributed by atoms with Crippen LogP contribution in [0.15, 0.2) is 47.1 Å². The van der Waals surface area contributed by atoms with Crippen molar-refractivity contribution < 1.29 is 14.5 Å². The van der Waals surface area contributed by atoms with E-state index in [0.717, 1.165) is 5.56 Å². The third-order valence-electron chi connectivity index (χ3n) is 4.05. The number of hydrogen-bond acceptors (Lipinski definition) is 6. The van der Waals surface area contributed by atoms with Crippen molar-refractivity contribution >= 4 is 33.5 Å². The molecule has 0 aliphatic carbocycles. The Morgan fingerprint density at radius 3 is 2.58 bits per heavy atom. The Morgan fingerprint density at radius 2 is 1.92 bits per heavy atom. The summed E-state index contributed by atoms with van der Waals surface area (Å²) in [6.07, 6.45) is 1.15. The number of benzene rings is 1. The average molecular weight is 421 g/mol. The Hall–Kier alpha value is -2.68. The number of rotatable bonds is 4. The SMILES string of the molecule is O=C(OCc1ccccc1)N1CCN(c2ncc(Br)cc2[N+](=O)[O-])CC1. The largest absolute Gasteiger partial charge is 0.445 e. The Morgan fingerprint density at radius 1 is 1.23 bits per heavy atom. The highest BCUT2D eigenvalue weighted by Gasteiger charge is 2.27. The highest BCUT2D eigenvalue weighted by molar-refractivity contribution is 9.10. The summed E-state index contributed by atoms with van der Waals surface area (Å²) in [4.78, 5) is 30.6. The van der Waals surface area contributed by atoms with Crippen LogP contribution in [-0.4, -0.2) is 47.1 Å². The van der Waals surface area contributed by atoms with Crippen LogP contribution in [0.25, 0.3) is 0 Å². The quantitative estimate of drug-likeness (QED) is 0.557. The number of piperazine rings is 1. The molecule has 3 rings (SSSR count). The van der Waals surface area contributed by atoms with Crippen molar-refractivity contribution in [2.24, 2.45) is 0 Å². The number of nitro groups is 1. The van der Waals surface area contributed by atoms with E-state index in [9.17, 15) is 14.9 Å². The number of amides is 1. The fraction of sp³-hybridized carbons (Fsp3) is 0.294. The van der Waals surface area contributed by atoms with Crippen LogP contribution in [0, 0.1) is 10.1 Å². The van der Waals surface area contributed by atoms with Gasteiger partial charge in [-0.2, -0.15) is 0 Å². The standard InChI is InChI=1S/C17H17BrN4O4/c18-14-10-15(22(24)25)16(19-11-14)20-6-8-21(9-7-20)17(23)26-12-13-4-2-1-3-5-13/h1-5,10-11H,6-9,12H2. The molecule has 26 heavy (non-hydrogen) atoms. The van der Waals surface area contributed by atoms with Crippen molar-refractivity contribution in [3.05, 3.63) is 62.7 Å². The summed E-state index contributed by atoms with van der Waals surface area (Å²) in [5, 5.41) is 11.2. The van der Waals surface area contributed by atoms with Crippen LogP contribution >= 0.6 is 15.9 Å². The number of aromatic nitrogens is 1. The van der Waals surface area contributed by atoms with Gasteiger partial charge in [0, 0.05) is 42.9 Å². The lowest BCUT2D eigenvalue weighted by atomic mass is 10.2. The van der Waals surface area contributed by atoms with Gasteiger partial charge in [0.1, 0.15) is 6.61 Å². The predicted octanol–water partition coefficient (Wildman–Crippen LogP) is 3.21. The number of carbonyl (C=O) groups excluding carboxylic acids is 1. The zero-order valence-corrected chi connectivity index (χ0v) is 15.5. The highest BCUT2D eigenvalue weighted by atomic mass is 79.9. The maximum atomic E-state index is 12.2. The zero-order valence-electron chi connectivity index (χ0n) is 13.9. The van der Waals surface area contributed by atoms with Gasteiger partial charge in [0.2, 0.25) is 5.82 Å². The zero-order chi connectivity index (χ0) is 18.5. The summed E-state index contributed by atoms with van der Waals surface area (Å²) >= 11 is 3.20. The molecular weight excluding hydrogens is 404 g/mol. The third kappa shape index (κ3) is 4.29. The van der Waals surface area contributed by atoms with E-state index < -0.39 is 4.92 Å². The van der Waals surface area contributed by atoms with E-state index >= 15 is 0 Å². The topological polar surface area (TPSA) is 88.8 Å². The summed E-state index contributed by atoms with van der Waals surface area (Å²) in [7, 11) is 0. The first kappa shape index (κ1) is 18.1. The molecule has 2 heterocycles. The summed E-state index contributed by atoms with van der Waals surface area (Å²) in [6.45, 7) is 1.97. The average Bonchev–Trinajstić information content (AvgIpc) is 2.67. The summed E-state index contributed by atoms with van der Waals surface area (Å²) in [5.74, 6) is 0.315. The van der Waals surface area contributed by atoms with Gasteiger partial charge in [0.15, 0.2) is 0 Å². The van der Waals surface area contributed by atoms with E-state index in [0.29, 0.717) is 36.5 Å². The fourth-order valence-corrected chi connectivity index (χ4v) is 3.03. The lowest BCUT2D eigenvalue weighted by Crippen LogP contribution is -2.49. The van der Waals surface area contributed by atoms with Crippen LogP contribution in [0.3, 0.4) is 0 Å². The molecule has 0 unspecified atom stereocenters. The first-order chi connectivity index (χ1) is 12.5. The number of carbonyl (C=O) groups is 1. The Kier molecular flexibility index (Phi) is 5.67. The molecule has 0 spiro atoms. The molecule has 1 fully saturated rings. The highest BCUT2D eigenvalue weighted by Crippen LogP contribution is 2.29. The van der Waals surface area contributed by atoms with E-state index in [1.165, 1.54) is 12.3 Å². The minimum Gasteiger partial charge on any atom is -0.445 e. The van der Waals surface area contributed by atoms with Crippen molar-refractivity contribution in [3.63, 3.8) is 0 Å². The molecule has 2 aromatic rings. The van der Waals surface area contributed by atoms with Gasteiger partial charge in [-0.05, 0) is 21.5 Å². The van der Waals surface area contributed by atoms with Crippen LogP contribution in [0.1, 0.15) is 5.56 Å². The Balaban J connectivity index is 1.57. The number of anilines is 1. The van der Waals surface area contributed by atoms with Crippen molar-refractivity contribution in [1.82, 2.24) is 9.88 Å². The monoisotopic (exact) mass is 420 g/mol. The number of halogens is 1. The van der Waals surface area contributed by atoms with Crippen molar-refractivity contribution in [3.8, 4) is 0 Å². The van der Waals surface area contributed by atoms with Gasteiger partial charge < -0.3 is 14.5 Å².